The third-order valence-corrected chi connectivity index (χ3v) is 3.35. The number of carbonyl (C=O) groups is 1. The molecule has 0 saturated carbocycles. The van der Waals surface area contributed by atoms with Crippen LogP contribution in [-0.2, 0) is 0 Å². The van der Waals surface area contributed by atoms with Gasteiger partial charge in [0.1, 0.15) is 23.1 Å². The highest BCUT2D eigenvalue weighted by Gasteiger charge is 2.10. The molecule has 7 nitrogen and oxygen atoms in total. The number of aryl methyl sites for hydroxylation is 1. The first-order valence-electron chi connectivity index (χ1n) is 8.26. The zero-order chi connectivity index (χ0) is 18.2. The van der Waals surface area contributed by atoms with Crippen LogP contribution in [0.1, 0.15) is 23.2 Å². The van der Waals surface area contributed by atoms with Crippen LogP contribution in [0.2, 0.25) is 0 Å². The normalized spacial score (nSPS) is 10.6. The van der Waals surface area contributed by atoms with Gasteiger partial charge < -0.3 is 20.3 Å². The van der Waals surface area contributed by atoms with E-state index in [1.54, 1.807) is 13.0 Å². The van der Waals surface area contributed by atoms with E-state index in [2.05, 4.69) is 20.6 Å². The number of carbonyl (C=O) groups excluding carboxylic acids is 1. The molecule has 1 aromatic carbocycles. The Balaban J connectivity index is 2.06. The van der Waals surface area contributed by atoms with Crippen LogP contribution >= 0.6 is 0 Å². The molecule has 0 atom stereocenters. The molecule has 0 spiro atoms. The van der Waals surface area contributed by atoms with Crippen molar-refractivity contribution in [2.75, 3.05) is 39.1 Å². The number of benzene rings is 1. The van der Waals surface area contributed by atoms with Crippen LogP contribution in [0.15, 0.2) is 30.3 Å². The highest BCUT2D eigenvalue weighted by atomic mass is 16.5. The van der Waals surface area contributed by atoms with Crippen molar-refractivity contribution < 1.29 is 9.53 Å². The van der Waals surface area contributed by atoms with E-state index in [4.69, 9.17) is 4.74 Å². The van der Waals surface area contributed by atoms with Crippen LogP contribution in [0.25, 0.3) is 0 Å². The maximum Gasteiger partial charge on any atom is 0.270 e. The molecule has 0 saturated heterocycles. The summed E-state index contributed by atoms with van der Waals surface area (Å²) in [6.45, 7) is 5.68. The number of rotatable bonds is 8. The Kier molecular flexibility index (Phi) is 6.71. The molecule has 1 heterocycles. The lowest BCUT2D eigenvalue weighted by atomic mass is 10.3. The number of hydrogen-bond donors (Lipinski definition) is 2. The lowest BCUT2D eigenvalue weighted by Crippen LogP contribution is -2.32. The molecule has 0 radical (unpaired) electrons. The van der Waals surface area contributed by atoms with Crippen LogP contribution in [0.3, 0.4) is 0 Å². The molecule has 2 N–H and O–H groups in total. The molecule has 0 fully saturated rings. The van der Waals surface area contributed by atoms with Crippen molar-refractivity contribution in [1.82, 2.24) is 20.2 Å². The van der Waals surface area contributed by atoms with Crippen molar-refractivity contribution in [1.29, 1.82) is 0 Å². The summed E-state index contributed by atoms with van der Waals surface area (Å²) < 4.78 is 5.43. The fourth-order valence-corrected chi connectivity index (χ4v) is 2.18. The highest BCUT2D eigenvalue weighted by Crippen LogP contribution is 2.19. The summed E-state index contributed by atoms with van der Waals surface area (Å²) in [6.07, 6.45) is 0. The van der Waals surface area contributed by atoms with Gasteiger partial charge in [0.2, 0.25) is 0 Å². The lowest BCUT2D eigenvalue weighted by Gasteiger charge is -2.11. The van der Waals surface area contributed by atoms with E-state index in [0.29, 0.717) is 30.5 Å². The van der Waals surface area contributed by atoms with E-state index in [9.17, 15) is 4.79 Å². The molecule has 134 valence electrons. The smallest absolute Gasteiger partial charge is 0.270 e. The number of likely N-dealkylation sites (N-methyl/N-ethyl adjacent to an activating group) is 1. The highest BCUT2D eigenvalue weighted by molar-refractivity contribution is 5.93. The van der Waals surface area contributed by atoms with E-state index in [-0.39, 0.29) is 5.91 Å². The van der Waals surface area contributed by atoms with E-state index in [1.165, 1.54) is 0 Å². The zero-order valence-corrected chi connectivity index (χ0v) is 15.2. The largest absolute Gasteiger partial charge is 0.494 e. The second kappa shape index (κ2) is 8.98. The Morgan fingerprint density at radius 3 is 2.56 bits per heavy atom. The quantitative estimate of drug-likeness (QED) is 0.765. The number of anilines is 2. The Morgan fingerprint density at radius 1 is 1.20 bits per heavy atom. The van der Waals surface area contributed by atoms with Crippen LogP contribution in [0.5, 0.6) is 5.75 Å². The van der Waals surface area contributed by atoms with Crippen molar-refractivity contribution >= 4 is 17.4 Å². The van der Waals surface area contributed by atoms with Gasteiger partial charge in [-0.2, -0.15) is 0 Å². The van der Waals surface area contributed by atoms with Crippen LogP contribution in [0.4, 0.5) is 11.5 Å². The predicted molar refractivity (Wildman–Crippen MR) is 98.5 cm³/mol. The standard InChI is InChI=1S/C18H25N5O2/c1-5-25-15-8-6-14(7-9-15)22-17-12-16(20-13(2)21-17)18(24)19-10-11-23(3)4/h6-9,12H,5,10-11H2,1-4H3,(H,19,24)(H,20,21,22). The van der Waals surface area contributed by atoms with Crippen LogP contribution < -0.4 is 15.4 Å². The van der Waals surface area contributed by atoms with Crippen molar-refractivity contribution in [3.8, 4) is 5.75 Å². The molecular weight excluding hydrogens is 318 g/mol. The van der Waals surface area contributed by atoms with Gasteiger partial charge in [-0.25, -0.2) is 9.97 Å². The molecule has 1 aromatic heterocycles. The molecule has 0 bridgehead atoms. The summed E-state index contributed by atoms with van der Waals surface area (Å²) in [5.74, 6) is 1.72. The molecule has 1 amide bonds. The summed E-state index contributed by atoms with van der Waals surface area (Å²) in [5.41, 5.74) is 1.21. The second-order valence-electron chi connectivity index (χ2n) is 5.83. The number of ether oxygens (including phenoxy) is 1. The second-order valence-corrected chi connectivity index (χ2v) is 5.83. The number of nitrogens with one attached hydrogen (secondary N) is 2. The fraction of sp³-hybridized carbons (Fsp3) is 0.389. The molecule has 7 heteroatoms. The first-order chi connectivity index (χ1) is 12.0. The van der Waals surface area contributed by atoms with Gasteiger partial charge in [0.05, 0.1) is 6.61 Å². The Hall–Kier alpha value is -2.67. The van der Waals surface area contributed by atoms with Gasteiger partial charge in [-0.3, -0.25) is 4.79 Å². The van der Waals surface area contributed by atoms with Crippen molar-refractivity contribution in [3.05, 3.63) is 41.9 Å². The lowest BCUT2D eigenvalue weighted by molar-refractivity contribution is 0.0945. The van der Waals surface area contributed by atoms with Crippen LogP contribution in [-0.4, -0.2) is 54.6 Å². The van der Waals surface area contributed by atoms with Gasteiger partial charge in [-0.1, -0.05) is 0 Å². The predicted octanol–water partition coefficient (Wildman–Crippen LogP) is 2.22. The minimum atomic E-state index is -0.206. The average molecular weight is 343 g/mol. The molecule has 0 unspecified atom stereocenters. The number of nitrogens with zero attached hydrogens (tertiary/aromatic N) is 3. The third-order valence-electron chi connectivity index (χ3n) is 3.35. The van der Waals surface area contributed by atoms with Gasteiger partial charge in [-0.05, 0) is 52.2 Å². The molecule has 0 aliphatic heterocycles. The molecule has 0 aliphatic rings. The molecule has 2 aromatic rings. The SMILES string of the molecule is CCOc1ccc(Nc2cc(C(=O)NCCN(C)C)nc(C)n2)cc1. The summed E-state index contributed by atoms with van der Waals surface area (Å²) in [4.78, 5) is 22.8. The maximum absolute atomic E-state index is 12.2. The topological polar surface area (TPSA) is 79.4 Å². The van der Waals surface area contributed by atoms with Gasteiger partial charge in [0, 0.05) is 24.8 Å². The first-order valence-corrected chi connectivity index (χ1v) is 8.26. The summed E-state index contributed by atoms with van der Waals surface area (Å²) >= 11 is 0. The number of amides is 1. The van der Waals surface area contributed by atoms with Gasteiger partial charge in [-0.15, -0.1) is 0 Å². The summed E-state index contributed by atoms with van der Waals surface area (Å²) in [5, 5.41) is 6.04. The monoisotopic (exact) mass is 343 g/mol. The summed E-state index contributed by atoms with van der Waals surface area (Å²) in [7, 11) is 3.92. The minimum absolute atomic E-state index is 0.206. The summed E-state index contributed by atoms with van der Waals surface area (Å²) in [6, 6.07) is 9.22. The first kappa shape index (κ1) is 18.7. The molecule has 25 heavy (non-hydrogen) atoms. The number of hydrogen-bond acceptors (Lipinski definition) is 6. The Bertz CT molecular complexity index is 701. The van der Waals surface area contributed by atoms with E-state index in [0.717, 1.165) is 18.0 Å². The molecule has 2 rings (SSSR count). The van der Waals surface area contributed by atoms with Gasteiger partial charge >= 0.3 is 0 Å². The zero-order valence-electron chi connectivity index (χ0n) is 15.2. The van der Waals surface area contributed by atoms with E-state index < -0.39 is 0 Å². The van der Waals surface area contributed by atoms with Crippen LogP contribution in [0, 0.1) is 6.92 Å². The van der Waals surface area contributed by atoms with Crippen molar-refractivity contribution in [2.24, 2.45) is 0 Å². The Labute approximate surface area is 148 Å². The van der Waals surface area contributed by atoms with E-state index >= 15 is 0 Å². The Morgan fingerprint density at radius 2 is 1.92 bits per heavy atom. The maximum atomic E-state index is 12.2. The third kappa shape index (κ3) is 6.04. The van der Waals surface area contributed by atoms with Crippen molar-refractivity contribution in [3.63, 3.8) is 0 Å². The molecule has 0 aliphatic carbocycles. The number of aromatic nitrogens is 2. The fourth-order valence-electron chi connectivity index (χ4n) is 2.18. The average Bonchev–Trinajstić information content (AvgIpc) is 2.56. The van der Waals surface area contributed by atoms with E-state index in [1.807, 2.05) is 50.2 Å². The van der Waals surface area contributed by atoms with Crippen molar-refractivity contribution in [2.45, 2.75) is 13.8 Å². The van der Waals surface area contributed by atoms with Gasteiger partial charge in [0.15, 0.2) is 0 Å². The van der Waals surface area contributed by atoms with Gasteiger partial charge in [0.25, 0.3) is 5.91 Å². The minimum Gasteiger partial charge on any atom is -0.494 e. The molecular formula is C18H25N5O2.